The Morgan fingerprint density at radius 2 is 2.00 bits per heavy atom. The summed E-state index contributed by atoms with van der Waals surface area (Å²) in [6.07, 6.45) is 2.30. The number of nitrogens with zero attached hydrogens (tertiary/aromatic N) is 1. The molecule has 74 valence electrons. The predicted molar refractivity (Wildman–Crippen MR) is 43.9 cm³/mol. The van der Waals surface area contributed by atoms with Crippen LogP contribution in [0.25, 0.3) is 0 Å². The van der Waals surface area contributed by atoms with Crippen LogP contribution in [0, 0.1) is 6.42 Å². The van der Waals surface area contributed by atoms with E-state index in [9.17, 15) is 0 Å². The smallest absolute Gasteiger partial charge is 0.00800 e. The third kappa shape index (κ3) is 5.82. The van der Waals surface area contributed by atoms with E-state index < -0.39 is 0 Å². The number of hydrogen-bond donors (Lipinski definition) is 1. The standard InChI is InChI=1S/C8H17N2.2Re/c1-8(2)10-6-3-4-9-5-7-10;;/h3,8-9H,4-7H2,1-2H3;;/q-1;;. The van der Waals surface area contributed by atoms with Crippen LogP contribution < -0.4 is 5.32 Å². The summed E-state index contributed by atoms with van der Waals surface area (Å²) in [4.78, 5) is 2.47. The molecule has 0 aromatic heterocycles. The second-order valence-electron chi connectivity index (χ2n) is 3.08. The Labute approximate surface area is 103 Å². The van der Waals surface area contributed by atoms with Gasteiger partial charge in [-0.05, 0) is 13.8 Å². The van der Waals surface area contributed by atoms with Crippen molar-refractivity contribution in [1.29, 1.82) is 0 Å². The number of nitrogens with one attached hydrogen (secondary N) is 1. The molecule has 1 rings (SSSR count). The molecule has 4 heteroatoms. The third-order valence-corrected chi connectivity index (χ3v) is 1.96. The van der Waals surface area contributed by atoms with E-state index >= 15 is 0 Å². The summed E-state index contributed by atoms with van der Waals surface area (Å²) in [6, 6.07) is 0.691. The quantitative estimate of drug-likeness (QED) is 0.514. The van der Waals surface area contributed by atoms with Gasteiger partial charge in [-0.3, -0.25) is 0 Å². The molecule has 0 saturated carbocycles. The van der Waals surface area contributed by atoms with E-state index in [0.717, 1.165) is 19.6 Å². The normalized spacial score (nSPS) is 19.2. The van der Waals surface area contributed by atoms with Gasteiger partial charge in [-0.1, -0.05) is 0 Å². The minimum absolute atomic E-state index is 0. The van der Waals surface area contributed by atoms with Crippen molar-refractivity contribution in [3.8, 4) is 0 Å². The first-order valence-electron chi connectivity index (χ1n) is 4.07. The van der Waals surface area contributed by atoms with Crippen molar-refractivity contribution in [2.24, 2.45) is 0 Å². The largest absolute Gasteiger partial charge is 0.345 e. The van der Waals surface area contributed by atoms with E-state index in [2.05, 4.69) is 30.5 Å². The van der Waals surface area contributed by atoms with E-state index in [0.29, 0.717) is 6.04 Å². The van der Waals surface area contributed by atoms with Gasteiger partial charge in [0.05, 0.1) is 0 Å². The Balaban J connectivity index is 0. The summed E-state index contributed by atoms with van der Waals surface area (Å²) in [5.41, 5.74) is 0. The van der Waals surface area contributed by atoms with Crippen LogP contribution in [0.4, 0.5) is 0 Å². The minimum atomic E-state index is 0. The topological polar surface area (TPSA) is 15.3 Å². The predicted octanol–water partition coefficient (Wildman–Crippen LogP) is 0.499. The molecule has 1 aliphatic rings. The van der Waals surface area contributed by atoms with E-state index in [1.54, 1.807) is 0 Å². The van der Waals surface area contributed by atoms with Crippen LogP contribution >= 0.6 is 0 Å². The third-order valence-electron chi connectivity index (χ3n) is 1.96. The summed E-state index contributed by atoms with van der Waals surface area (Å²) >= 11 is 0. The fourth-order valence-corrected chi connectivity index (χ4v) is 1.22. The van der Waals surface area contributed by atoms with Gasteiger partial charge >= 0.3 is 0 Å². The van der Waals surface area contributed by atoms with Gasteiger partial charge < -0.3 is 16.6 Å². The Kier molecular flexibility index (Phi) is 11.6. The SMILES string of the molecule is CC(C)N1C[CH-]CNCC1.[Re].[Re]. The molecule has 1 saturated heterocycles. The van der Waals surface area contributed by atoms with E-state index in [4.69, 9.17) is 0 Å². The van der Waals surface area contributed by atoms with Gasteiger partial charge in [-0.2, -0.15) is 0 Å². The van der Waals surface area contributed by atoms with Crippen LogP contribution in [0.3, 0.4) is 0 Å². The maximum atomic E-state index is 3.33. The van der Waals surface area contributed by atoms with Gasteiger partial charge in [0, 0.05) is 60.0 Å². The zero-order valence-electron chi connectivity index (χ0n) is 7.69. The van der Waals surface area contributed by atoms with Gasteiger partial charge in [-0.25, -0.2) is 0 Å². The Morgan fingerprint density at radius 3 is 2.58 bits per heavy atom. The van der Waals surface area contributed by atoms with Crippen LogP contribution in [-0.2, 0) is 40.8 Å². The first-order chi connectivity index (χ1) is 4.80. The van der Waals surface area contributed by atoms with E-state index in [1.807, 2.05) is 0 Å². The molecule has 2 radical (unpaired) electrons. The maximum absolute atomic E-state index is 3.33. The average Bonchev–Trinajstić information content (AvgIpc) is 2.12. The molecule has 1 fully saturated rings. The van der Waals surface area contributed by atoms with Gasteiger partial charge in [0.2, 0.25) is 0 Å². The van der Waals surface area contributed by atoms with Crippen molar-refractivity contribution in [1.82, 2.24) is 10.2 Å². The van der Waals surface area contributed by atoms with Crippen LogP contribution in [0.2, 0.25) is 0 Å². The molecular weight excluding hydrogens is 497 g/mol. The van der Waals surface area contributed by atoms with Gasteiger partial charge in [-0.15, -0.1) is 13.1 Å². The second kappa shape index (κ2) is 8.83. The minimum Gasteiger partial charge on any atom is -0.345 e. The molecule has 12 heavy (non-hydrogen) atoms. The molecule has 1 aliphatic heterocycles. The van der Waals surface area contributed by atoms with Crippen LogP contribution in [-0.4, -0.2) is 37.1 Å². The Hall–Kier alpha value is 1.24. The monoisotopic (exact) mass is 515 g/mol. The summed E-state index contributed by atoms with van der Waals surface area (Å²) in [5, 5.41) is 3.33. The fourth-order valence-electron chi connectivity index (χ4n) is 1.22. The molecule has 0 amide bonds. The van der Waals surface area contributed by atoms with Crippen molar-refractivity contribution in [2.75, 3.05) is 26.2 Å². The van der Waals surface area contributed by atoms with Crippen molar-refractivity contribution in [3.05, 3.63) is 6.42 Å². The number of rotatable bonds is 1. The van der Waals surface area contributed by atoms with Crippen molar-refractivity contribution in [3.63, 3.8) is 0 Å². The summed E-state index contributed by atoms with van der Waals surface area (Å²) < 4.78 is 0. The Morgan fingerprint density at radius 1 is 1.33 bits per heavy atom. The molecule has 2 nitrogen and oxygen atoms in total. The van der Waals surface area contributed by atoms with Crippen LogP contribution in [0.5, 0.6) is 0 Å². The molecule has 0 aliphatic carbocycles. The fraction of sp³-hybridized carbons (Fsp3) is 0.875. The Bertz CT molecular complexity index is 91.1. The average molecular weight is 514 g/mol. The number of hydrogen-bond acceptors (Lipinski definition) is 2. The van der Waals surface area contributed by atoms with Crippen LogP contribution in [0.15, 0.2) is 0 Å². The molecule has 1 N–H and O–H groups in total. The first-order valence-corrected chi connectivity index (χ1v) is 4.07. The van der Waals surface area contributed by atoms with Crippen molar-refractivity contribution < 1.29 is 40.8 Å². The summed E-state index contributed by atoms with van der Waals surface area (Å²) in [5.74, 6) is 0. The molecule has 1 heterocycles. The van der Waals surface area contributed by atoms with Gasteiger partial charge in [0.25, 0.3) is 0 Å². The molecular formula is C8H17N2Re2-. The molecule has 0 aromatic carbocycles. The van der Waals surface area contributed by atoms with Gasteiger partial charge in [0.15, 0.2) is 0 Å². The van der Waals surface area contributed by atoms with Crippen LogP contribution in [0.1, 0.15) is 13.8 Å². The van der Waals surface area contributed by atoms with Crippen molar-refractivity contribution >= 4 is 0 Å². The van der Waals surface area contributed by atoms with E-state index in [1.165, 1.54) is 6.54 Å². The molecule has 0 spiro atoms. The zero-order valence-corrected chi connectivity index (χ0v) is 13.1. The molecule has 0 bridgehead atoms. The summed E-state index contributed by atoms with van der Waals surface area (Å²) in [6.45, 7) is 9.04. The van der Waals surface area contributed by atoms with Crippen molar-refractivity contribution in [2.45, 2.75) is 19.9 Å². The second-order valence-corrected chi connectivity index (χ2v) is 3.08. The van der Waals surface area contributed by atoms with Gasteiger partial charge in [0.1, 0.15) is 0 Å². The molecule has 0 atom stereocenters. The molecule has 0 aromatic rings. The van der Waals surface area contributed by atoms with E-state index in [-0.39, 0.29) is 40.8 Å². The zero-order chi connectivity index (χ0) is 7.40. The maximum Gasteiger partial charge on any atom is 0.00800 e. The molecule has 0 unspecified atom stereocenters. The summed E-state index contributed by atoms with van der Waals surface area (Å²) in [7, 11) is 0. The first kappa shape index (κ1) is 15.7.